The SMILES string of the molecule is CCCn1c(Oc2cccc(F)c2)nc2c(c1=O)CC(C13CC4CC(CC(C4)C1)C3)=N2. The Hall–Kier alpha value is -2.50. The Balaban J connectivity index is 1.38. The molecule has 5 aliphatic rings. The van der Waals surface area contributed by atoms with Crippen LogP contribution >= 0.6 is 0 Å². The van der Waals surface area contributed by atoms with Gasteiger partial charge in [-0.05, 0) is 74.8 Å². The Labute approximate surface area is 181 Å². The van der Waals surface area contributed by atoms with E-state index < -0.39 is 0 Å². The number of halogens is 1. The minimum atomic E-state index is -0.384. The molecule has 0 unspecified atom stereocenters. The Morgan fingerprint density at radius 3 is 2.52 bits per heavy atom. The molecule has 1 aromatic heterocycles. The van der Waals surface area contributed by atoms with Gasteiger partial charge in [-0.3, -0.25) is 9.36 Å². The van der Waals surface area contributed by atoms with E-state index in [0.717, 1.165) is 24.2 Å². The molecule has 4 fully saturated rings. The van der Waals surface area contributed by atoms with Crippen molar-refractivity contribution in [1.29, 1.82) is 0 Å². The van der Waals surface area contributed by atoms with Gasteiger partial charge in [0.15, 0.2) is 5.82 Å². The van der Waals surface area contributed by atoms with Crippen molar-refractivity contribution >= 4 is 11.5 Å². The highest BCUT2D eigenvalue weighted by atomic mass is 19.1. The Bertz CT molecular complexity index is 1100. The summed E-state index contributed by atoms with van der Waals surface area (Å²) in [6, 6.07) is 6.13. The first-order valence-corrected chi connectivity index (χ1v) is 11.7. The summed E-state index contributed by atoms with van der Waals surface area (Å²) in [5, 5.41) is 0. The van der Waals surface area contributed by atoms with Gasteiger partial charge in [-0.25, -0.2) is 9.38 Å². The van der Waals surface area contributed by atoms with Gasteiger partial charge < -0.3 is 4.74 Å². The van der Waals surface area contributed by atoms with Gasteiger partial charge in [0.1, 0.15) is 11.6 Å². The summed E-state index contributed by atoms with van der Waals surface area (Å²) in [6.45, 7) is 2.53. The molecule has 0 N–H and O–H groups in total. The predicted molar refractivity (Wildman–Crippen MR) is 117 cm³/mol. The molecule has 31 heavy (non-hydrogen) atoms. The van der Waals surface area contributed by atoms with E-state index >= 15 is 0 Å². The standard InChI is InChI=1S/C25H28FN3O2/c1-2-6-29-23(30)20-11-21(25-12-15-7-16(13-25)9-17(8-15)14-25)27-22(20)28-24(29)31-19-5-3-4-18(26)10-19/h3-5,10,15-17H,2,6-9,11-14H2,1H3. The third-order valence-electron chi connectivity index (χ3n) is 7.89. The molecule has 162 valence electrons. The average Bonchev–Trinajstić information content (AvgIpc) is 3.15. The molecule has 1 aromatic carbocycles. The molecule has 6 heteroatoms. The van der Waals surface area contributed by atoms with Crippen LogP contribution in [-0.4, -0.2) is 15.3 Å². The van der Waals surface area contributed by atoms with Gasteiger partial charge in [-0.2, -0.15) is 4.98 Å². The molecule has 0 spiro atoms. The summed E-state index contributed by atoms with van der Waals surface area (Å²) in [6.07, 6.45) is 9.22. The second-order valence-electron chi connectivity index (χ2n) is 10.1. The summed E-state index contributed by atoms with van der Waals surface area (Å²) in [5.41, 5.74) is 1.98. The van der Waals surface area contributed by atoms with Crippen molar-refractivity contribution < 1.29 is 9.13 Å². The van der Waals surface area contributed by atoms with Crippen molar-refractivity contribution in [3.8, 4) is 11.8 Å². The molecule has 2 aromatic rings. The molecule has 4 bridgehead atoms. The lowest BCUT2D eigenvalue weighted by Crippen LogP contribution is -2.50. The molecule has 0 atom stereocenters. The van der Waals surface area contributed by atoms with Gasteiger partial charge in [-0.1, -0.05) is 13.0 Å². The molecule has 0 saturated heterocycles. The van der Waals surface area contributed by atoms with Crippen LogP contribution in [0.15, 0.2) is 34.1 Å². The monoisotopic (exact) mass is 421 g/mol. The fourth-order valence-corrected chi connectivity index (χ4v) is 7.05. The van der Waals surface area contributed by atoms with Gasteiger partial charge in [0.25, 0.3) is 5.56 Å². The third-order valence-corrected chi connectivity index (χ3v) is 7.89. The van der Waals surface area contributed by atoms with Crippen LogP contribution < -0.4 is 10.3 Å². The number of aliphatic imine (C=N–C) groups is 1. The Morgan fingerprint density at radius 2 is 1.87 bits per heavy atom. The summed E-state index contributed by atoms with van der Waals surface area (Å²) in [5.74, 6) is 2.94. The van der Waals surface area contributed by atoms with E-state index in [1.54, 1.807) is 16.7 Å². The fraction of sp³-hybridized carbons (Fsp3) is 0.560. The van der Waals surface area contributed by atoms with E-state index in [4.69, 9.17) is 9.73 Å². The van der Waals surface area contributed by atoms with Gasteiger partial charge in [0.05, 0.1) is 5.56 Å². The summed E-state index contributed by atoms with van der Waals surface area (Å²) < 4.78 is 21.1. The summed E-state index contributed by atoms with van der Waals surface area (Å²) in [7, 11) is 0. The van der Waals surface area contributed by atoms with Gasteiger partial charge in [-0.15, -0.1) is 0 Å². The molecule has 2 heterocycles. The second kappa shape index (κ2) is 7.01. The van der Waals surface area contributed by atoms with Gasteiger partial charge >= 0.3 is 6.01 Å². The Kier molecular flexibility index (Phi) is 4.34. The van der Waals surface area contributed by atoms with Crippen molar-refractivity contribution in [1.82, 2.24) is 9.55 Å². The molecular weight excluding hydrogens is 393 g/mol. The quantitative estimate of drug-likeness (QED) is 0.647. The largest absolute Gasteiger partial charge is 0.425 e. The van der Waals surface area contributed by atoms with Crippen molar-refractivity contribution in [3.05, 3.63) is 46.0 Å². The summed E-state index contributed by atoms with van der Waals surface area (Å²) >= 11 is 0. The molecular formula is C25H28FN3O2. The van der Waals surface area contributed by atoms with E-state index in [-0.39, 0.29) is 22.8 Å². The number of benzene rings is 1. The number of hydrogen-bond donors (Lipinski definition) is 0. The predicted octanol–water partition coefficient (Wildman–Crippen LogP) is 5.43. The number of nitrogens with zero attached hydrogens (tertiary/aromatic N) is 3. The van der Waals surface area contributed by atoms with Crippen LogP contribution in [0.5, 0.6) is 11.8 Å². The first-order chi connectivity index (χ1) is 15.0. The van der Waals surface area contributed by atoms with Crippen LogP contribution in [-0.2, 0) is 13.0 Å². The van der Waals surface area contributed by atoms with Gasteiger partial charge in [0.2, 0.25) is 0 Å². The number of hydrogen-bond acceptors (Lipinski definition) is 4. The van der Waals surface area contributed by atoms with Crippen LogP contribution in [0.3, 0.4) is 0 Å². The Morgan fingerprint density at radius 1 is 1.16 bits per heavy atom. The maximum atomic E-state index is 13.6. The van der Waals surface area contributed by atoms with Crippen molar-refractivity contribution in [2.24, 2.45) is 28.2 Å². The molecule has 1 aliphatic heterocycles. The molecule has 5 nitrogen and oxygen atoms in total. The van der Waals surface area contributed by atoms with Crippen molar-refractivity contribution in [3.63, 3.8) is 0 Å². The first kappa shape index (κ1) is 19.2. The summed E-state index contributed by atoms with van der Waals surface area (Å²) in [4.78, 5) is 23.0. The van der Waals surface area contributed by atoms with Crippen LogP contribution in [0.2, 0.25) is 0 Å². The molecule has 0 radical (unpaired) electrons. The zero-order chi connectivity index (χ0) is 21.2. The molecule has 7 rings (SSSR count). The maximum absolute atomic E-state index is 13.6. The lowest BCUT2D eigenvalue weighted by Gasteiger charge is -2.56. The average molecular weight is 422 g/mol. The van der Waals surface area contributed by atoms with Crippen molar-refractivity contribution in [2.45, 2.75) is 64.8 Å². The number of ether oxygens (including phenoxy) is 1. The van der Waals surface area contributed by atoms with E-state index in [1.807, 2.05) is 6.92 Å². The third kappa shape index (κ3) is 3.14. The van der Waals surface area contributed by atoms with E-state index in [9.17, 15) is 9.18 Å². The zero-order valence-corrected chi connectivity index (χ0v) is 17.9. The minimum absolute atomic E-state index is 0.0678. The van der Waals surface area contributed by atoms with Gasteiger partial charge in [0, 0.05) is 30.2 Å². The smallest absolute Gasteiger partial charge is 0.306 e. The second-order valence-corrected chi connectivity index (χ2v) is 10.1. The molecule has 0 amide bonds. The fourth-order valence-electron chi connectivity index (χ4n) is 7.05. The minimum Gasteiger partial charge on any atom is -0.425 e. The highest BCUT2D eigenvalue weighted by Crippen LogP contribution is 2.61. The zero-order valence-electron chi connectivity index (χ0n) is 17.9. The van der Waals surface area contributed by atoms with Crippen LogP contribution in [0, 0.1) is 29.0 Å². The number of rotatable bonds is 5. The highest BCUT2D eigenvalue weighted by Gasteiger charge is 2.54. The maximum Gasteiger partial charge on any atom is 0.306 e. The topological polar surface area (TPSA) is 56.5 Å². The van der Waals surface area contributed by atoms with Crippen LogP contribution in [0.25, 0.3) is 0 Å². The molecule has 4 saturated carbocycles. The van der Waals surface area contributed by atoms with E-state index in [2.05, 4.69) is 4.98 Å². The van der Waals surface area contributed by atoms with E-state index in [1.165, 1.54) is 56.4 Å². The highest BCUT2D eigenvalue weighted by molar-refractivity contribution is 5.97. The number of fused-ring (bicyclic) bond motifs is 1. The normalized spacial score (nSPS) is 30.4. The number of aromatic nitrogens is 2. The lowest BCUT2D eigenvalue weighted by atomic mass is 9.48. The van der Waals surface area contributed by atoms with Crippen molar-refractivity contribution in [2.75, 3.05) is 0 Å². The first-order valence-electron chi connectivity index (χ1n) is 11.7. The lowest BCUT2D eigenvalue weighted by molar-refractivity contribution is -0.0129. The molecule has 4 aliphatic carbocycles. The van der Waals surface area contributed by atoms with E-state index in [0.29, 0.717) is 30.1 Å². The van der Waals surface area contributed by atoms with Crippen LogP contribution in [0.1, 0.15) is 57.4 Å². The van der Waals surface area contributed by atoms with Crippen LogP contribution in [0.4, 0.5) is 10.2 Å².